The molecule has 19 heavy (non-hydrogen) atoms. The fourth-order valence-corrected chi connectivity index (χ4v) is 1.82. The number of carbonyl (C=O) groups is 1. The van der Waals surface area contributed by atoms with Gasteiger partial charge in [-0.05, 0) is 19.6 Å². The van der Waals surface area contributed by atoms with E-state index in [1.165, 1.54) is 24.2 Å². The highest BCUT2D eigenvalue weighted by atomic mass is 32.2. The summed E-state index contributed by atoms with van der Waals surface area (Å²) in [6.07, 6.45) is 8.20. The SMILES string of the molecule is CCCCCN(CC)OC(=O)c1cnc(SC)nc1. The Morgan fingerprint density at radius 1 is 1.32 bits per heavy atom. The summed E-state index contributed by atoms with van der Waals surface area (Å²) >= 11 is 1.44. The van der Waals surface area contributed by atoms with E-state index in [1.54, 1.807) is 5.06 Å². The van der Waals surface area contributed by atoms with Crippen molar-refractivity contribution in [1.82, 2.24) is 15.0 Å². The minimum atomic E-state index is -0.397. The van der Waals surface area contributed by atoms with E-state index in [0.29, 0.717) is 17.3 Å². The molecule has 0 radical (unpaired) electrons. The Kier molecular flexibility index (Phi) is 7.43. The van der Waals surface area contributed by atoms with Crippen LogP contribution in [-0.4, -0.2) is 40.3 Å². The number of hydrogen-bond acceptors (Lipinski definition) is 6. The number of carbonyl (C=O) groups excluding carboxylic acids is 1. The Morgan fingerprint density at radius 3 is 2.53 bits per heavy atom. The maximum atomic E-state index is 11.9. The molecule has 0 saturated carbocycles. The third kappa shape index (κ3) is 5.57. The van der Waals surface area contributed by atoms with Gasteiger partial charge in [0.25, 0.3) is 0 Å². The summed E-state index contributed by atoms with van der Waals surface area (Å²) in [7, 11) is 0. The molecule has 1 rings (SSSR count). The van der Waals surface area contributed by atoms with Crippen molar-refractivity contribution in [3.8, 4) is 0 Å². The van der Waals surface area contributed by atoms with Crippen LogP contribution >= 0.6 is 11.8 Å². The number of hydroxylamine groups is 2. The smallest absolute Gasteiger partial charge is 0.360 e. The Hall–Kier alpha value is -1.14. The Labute approximate surface area is 118 Å². The van der Waals surface area contributed by atoms with Gasteiger partial charge in [0.15, 0.2) is 5.16 Å². The summed E-state index contributed by atoms with van der Waals surface area (Å²) in [5.41, 5.74) is 0.381. The number of unbranched alkanes of at least 4 members (excludes halogenated alkanes) is 2. The first-order chi connectivity index (χ1) is 9.21. The van der Waals surface area contributed by atoms with Crippen molar-refractivity contribution in [2.75, 3.05) is 19.3 Å². The van der Waals surface area contributed by atoms with E-state index in [0.717, 1.165) is 25.8 Å². The molecular formula is C13H21N3O2S. The average molecular weight is 283 g/mol. The average Bonchev–Trinajstić information content (AvgIpc) is 2.46. The quantitative estimate of drug-likeness (QED) is 0.316. The van der Waals surface area contributed by atoms with E-state index in [4.69, 9.17) is 4.84 Å². The van der Waals surface area contributed by atoms with Gasteiger partial charge in [0.05, 0.1) is 5.56 Å². The van der Waals surface area contributed by atoms with Crippen LogP contribution in [0.2, 0.25) is 0 Å². The van der Waals surface area contributed by atoms with Crippen LogP contribution in [0.4, 0.5) is 0 Å². The Bertz CT molecular complexity index is 384. The fraction of sp³-hybridized carbons (Fsp3) is 0.615. The highest BCUT2D eigenvalue weighted by Crippen LogP contribution is 2.09. The van der Waals surface area contributed by atoms with E-state index in [9.17, 15) is 4.79 Å². The molecule has 1 aromatic rings. The molecule has 0 aliphatic rings. The first-order valence-corrected chi connectivity index (χ1v) is 7.77. The third-order valence-corrected chi connectivity index (χ3v) is 3.20. The fourth-order valence-electron chi connectivity index (χ4n) is 1.50. The summed E-state index contributed by atoms with van der Waals surface area (Å²) in [6.45, 7) is 5.55. The molecule has 0 unspecified atom stereocenters. The molecule has 0 fully saturated rings. The topological polar surface area (TPSA) is 55.3 Å². The van der Waals surface area contributed by atoms with Crippen LogP contribution in [0.25, 0.3) is 0 Å². The minimum absolute atomic E-state index is 0.381. The summed E-state index contributed by atoms with van der Waals surface area (Å²) in [5, 5.41) is 2.33. The van der Waals surface area contributed by atoms with Crippen molar-refractivity contribution in [2.24, 2.45) is 0 Å². The van der Waals surface area contributed by atoms with Crippen molar-refractivity contribution >= 4 is 17.7 Å². The van der Waals surface area contributed by atoms with Gasteiger partial charge in [0, 0.05) is 25.5 Å². The summed E-state index contributed by atoms with van der Waals surface area (Å²) in [6, 6.07) is 0. The van der Waals surface area contributed by atoms with Gasteiger partial charge in [0.1, 0.15) is 0 Å². The molecule has 0 aliphatic carbocycles. The molecule has 0 N–H and O–H groups in total. The van der Waals surface area contributed by atoms with Crippen LogP contribution in [0.15, 0.2) is 17.6 Å². The predicted octanol–water partition coefficient (Wildman–Crippen LogP) is 2.78. The van der Waals surface area contributed by atoms with E-state index >= 15 is 0 Å². The minimum Gasteiger partial charge on any atom is -0.364 e. The summed E-state index contributed by atoms with van der Waals surface area (Å²) in [5.74, 6) is -0.397. The predicted molar refractivity (Wildman–Crippen MR) is 76.0 cm³/mol. The van der Waals surface area contributed by atoms with E-state index in [-0.39, 0.29) is 0 Å². The van der Waals surface area contributed by atoms with Gasteiger partial charge in [-0.3, -0.25) is 0 Å². The maximum absolute atomic E-state index is 11.9. The molecule has 0 aliphatic heterocycles. The van der Waals surface area contributed by atoms with Crippen LogP contribution in [0, 0.1) is 0 Å². The molecule has 1 aromatic heterocycles. The number of thioether (sulfide) groups is 1. The number of rotatable bonds is 8. The van der Waals surface area contributed by atoms with Crippen LogP contribution in [0.1, 0.15) is 43.5 Å². The van der Waals surface area contributed by atoms with Gasteiger partial charge < -0.3 is 4.84 Å². The number of hydrogen-bond donors (Lipinski definition) is 0. The van der Waals surface area contributed by atoms with Gasteiger partial charge in [-0.15, -0.1) is 5.06 Å². The standard InChI is InChI=1S/C13H21N3O2S/c1-4-6-7-8-16(5-2)18-12(17)11-9-14-13(19-3)15-10-11/h9-10H,4-8H2,1-3H3. The molecular weight excluding hydrogens is 262 g/mol. The second-order valence-electron chi connectivity index (χ2n) is 4.07. The van der Waals surface area contributed by atoms with Crippen LogP contribution in [-0.2, 0) is 4.84 Å². The monoisotopic (exact) mass is 283 g/mol. The summed E-state index contributed by atoms with van der Waals surface area (Å²) < 4.78 is 0. The van der Waals surface area contributed by atoms with Gasteiger partial charge in [-0.25, -0.2) is 14.8 Å². The van der Waals surface area contributed by atoms with E-state index in [2.05, 4.69) is 16.9 Å². The van der Waals surface area contributed by atoms with Crippen molar-refractivity contribution in [2.45, 2.75) is 38.3 Å². The van der Waals surface area contributed by atoms with Gasteiger partial charge in [-0.2, -0.15) is 0 Å². The number of aromatic nitrogens is 2. The zero-order valence-corrected chi connectivity index (χ0v) is 12.6. The van der Waals surface area contributed by atoms with E-state index in [1.807, 2.05) is 13.2 Å². The van der Waals surface area contributed by atoms with Gasteiger partial charge in [-0.1, -0.05) is 31.5 Å². The van der Waals surface area contributed by atoms with Crippen LogP contribution in [0.3, 0.4) is 0 Å². The second-order valence-corrected chi connectivity index (χ2v) is 4.84. The molecule has 1 heterocycles. The lowest BCUT2D eigenvalue weighted by Crippen LogP contribution is -2.28. The van der Waals surface area contributed by atoms with Gasteiger partial charge >= 0.3 is 5.97 Å². The lowest BCUT2D eigenvalue weighted by Gasteiger charge is -2.19. The highest BCUT2D eigenvalue weighted by molar-refractivity contribution is 7.98. The second kappa shape index (κ2) is 8.87. The van der Waals surface area contributed by atoms with Crippen molar-refractivity contribution in [1.29, 1.82) is 0 Å². The zero-order valence-electron chi connectivity index (χ0n) is 11.8. The molecule has 5 nitrogen and oxygen atoms in total. The highest BCUT2D eigenvalue weighted by Gasteiger charge is 2.13. The molecule has 0 atom stereocenters. The lowest BCUT2D eigenvalue weighted by atomic mass is 10.2. The first-order valence-electron chi connectivity index (χ1n) is 6.54. The Balaban J connectivity index is 2.51. The van der Waals surface area contributed by atoms with Crippen molar-refractivity contribution < 1.29 is 9.63 Å². The lowest BCUT2D eigenvalue weighted by molar-refractivity contribution is -0.107. The summed E-state index contributed by atoms with van der Waals surface area (Å²) in [4.78, 5) is 25.3. The Morgan fingerprint density at radius 2 is 2.00 bits per heavy atom. The molecule has 0 bridgehead atoms. The molecule has 6 heteroatoms. The molecule has 106 valence electrons. The largest absolute Gasteiger partial charge is 0.364 e. The van der Waals surface area contributed by atoms with Crippen molar-refractivity contribution in [3.05, 3.63) is 18.0 Å². The third-order valence-electron chi connectivity index (χ3n) is 2.62. The van der Waals surface area contributed by atoms with Crippen LogP contribution < -0.4 is 0 Å². The molecule has 0 saturated heterocycles. The molecule has 0 aromatic carbocycles. The normalized spacial score (nSPS) is 10.7. The maximum Gasteiger partial charge on any atom is 0.360 e. The van der Waals surface area contributed by atoms with E-state index < -0.39 is 5.97 Å². The molecule has 0 amide bonds. The number of nitrogens with zero attached hydrogens (tertiary/aromatic N) is 3. The van der Waals surface area contributed by atoms with Crippen LogP contribution in [0.5, 0.6) is 0 Å². The van der Waals surface area contributed by atoms with Crippen molar-refractivity contribution in [3.63, 3.8) is 0 Å². The van der Waals surface area contributed by atoms with Gasteiger partial charge in [0.2, 0.25) is 0 Å². The molecule has 0 spiro atoms. The zero-order chi connectivity index (χ0) is 14.1. The first kappa shape index (κ1) is 15.9.